The van der Waals surface area contributed by atoms with Gasteiger partial charge in [-0.05, 0) is 35.7 Å². The molecule has 2 aromatic rings. The average Bonchev–Trinajstić information content (AvgIpc) is 3.03. The molecule has 0 saturated carbocycles. The Labute approximate surface area is 161 Å². The molecule has 0 bridgehead atoms. The Morgan fingerprint density at radius 1 is 1.11 bits per heavy atom. The van der Waals surface area contributed by atoms with E-state index in [-0.39, 0.29) is 6.61 Å². The number of ether oxygens (including phenoxy) is 2. The molecule has 4 N–H and O–H groups in total. The lowest BCUT2D eigenvalue weighted by molar-refractivity contribution is -0.368. The Kier molecular flexibility index (Phi) is 4.99. The Bertz CT molecular complexity index is 868. The summed E-state index contributed by atoms with van der Waals surface area (Å²) in [7, 11) is 0. The van der Waals surface area contributed by atoms with E-state index in [2.05, 4.69) is 0 Å². The van der Waals surface area contributed by atoms with Crippen LogP contribution in [-0.2, 0) is 28.3 Å². The van der Waals surface area contributed by atoms with Gasteiger partial charge in [0.15, 0.2) is 0 Å². The van der Waals surface area contributed by atoms with E-state index in [0.717, 1.165) is 11.1 Å². The highest BCUT2D eigenvalue weighted by Crippen LogP contribution is 2.46. The normalized spacial score (nSPS) is 31.9. The van der Waals surface area contributed by atoms with Gasteiger partial charge in [-0.1, -0.05) is 29.8 Å². The molecular formula is C21H23FO6. The molecule has 4 rings (SSSR count). The smallest absolute Gasteiger partial charge is 0.225 e. The number of halogens is 1. The lowest BCUT2D eigenvalue weighted by Gasteiger charge is -2.46. The summed E-state index contributed by atoms with van der Waals surface area (Å²) >= 11 is 0. The van der Waals surface area contributed by atoms with Crippen molar-refractivity contribution in [2.75, 3.05) is 6.61 Å². The lowest BCUT2D eigenvalue weighted by Crippen LogP contribution is -2.63. The van der Waals surface area contributed by atoms with Gasteiger partial charge in [0, 0.05) is 12.0 Å². The van der Waals surface area contributed by atoms with Gasteiger partial charge in [0.1, 0.15) is 30.2 Å². The molecule has 2 aliphatic heterocycles. The molecule has 0 aromatic heterocycles. The van der Waals surface area contributed by atoms with Crippen molar-refractivity contribution in [2.45, 2.75) is 50.2 Å². The van der Waals surface area contributed by atoms with Crippen LogP contribution in [0.2, 0.25) is 0 Å². The zero-order valence-corrected chi connectivity index (χ0v) is 15.4. The largest absolute Gasteiger partial charge is 0.394 e. The van der Waals surface area contributed by atoms with Crippen molar-refractivity contribution in [2.24, 2.45) is 0 Å². The standard InChI is InChI=1S/C21H23FO6/c1-11-2-4-12(5-3-11)6-13-7-15-14(8-16(13)22)10-27-21(15)20(26)19(25)18(24)17(9-23)28-21/h2-5,7-8,17-20,23-26H,6,9-10H2,1H3/t17-,18-,19+,20-,21?/m1/s1. The summed E-state index contributed by atoms with van der Waals surface area (Å²) in [5.41, 5.74) is 3.31. The van der Waals surface area contributed by atoms with Gasteiger partial charge in [-0.3, -0.25) is 0 Å². The van der Waals surface area contributed by atoms with Crippen molar-refractivity contribution in [3.05, 3.63) is 70.0 Å². The van der Waals surface area contributed by atoms with Crippen LogP contribution in [0.15, 0.2) is 36.4 Å². The number of rotatable bonds is 3. The summed E-state index contributed by atoms with van der Waals surface area (Å²) in [6, 6.07) is 10.6. The second kappa shape index (κ2) is 7.18. The highest BCUT2D eigenvalue weighted by molar-refractivity contribution is 5.42. The van der Waals surface area contributed by atoms with E-state index in [1.165, 1.54) is 6.07 Å². The number of hydrogen-bond acceptors (Lipinski definition) is 6. The summed E-state index contributed by atoms with van der Waals surface area (Å²) in [5, 5.41) is 40.3. The Morgan fingerprint density at radius 3 is 2.50 bits per heavy atom. The lowest BCUT2D eigenvalue weighted by atomic mass is 9.86. The number of aryl methyl sites for hydroxylation is 1. The molecule has 1 fully saturated rings. The van der Waals surface area contributed by atoms with E-state index >= 15 is 0 Å². The van der Waals surface area contributed by atoms with E-state index < -0.39 is 42.6 Å². The highest BCUT2D eigenvalue weighted by Gasteiger charge is 2.58. The van der Waals surface area contributed by atoms with Crippen LogP contribution >= 0.6 is 0 Å². The van der Waals surface area contributed by atoms with Crippen molar-refractivity contribution in [1.82, 2.24) is 0 Å². The van der Waals surface area contributed by atoms with Crippen LogP contribution in [0.3, 0.4) is 0 Å². The molecule has 0 amide bonds. The predicted molar refractivity (Wildman–Crippen MR) is 96.8 cm³/mol. The van der Waals surface area contributed by atoms with Crippen LogP contribution in [-0.4, -0.2) is 51.4 Å². The quantitative estimate of drug-likeness (QED) is 0.621. The Morgan fingerprint density at radius 2 is 1.82 bits per heavy atom. The van der Waals surface area contributed by atoms with Crippen LogP contribution in [0, 0.1) is 12.7 Å². The van der Waals surface area contributed by atoms with E-state index in [0.29, 0.717) is 23.1 Å². The molecule has 28 heavy (non-hydrogen) atoms. The summed E-state index contributed by atoms with van der Waals surface area (Å²) < 4.78 is 26.0. The molecular weight excluding hydrogens is 367 g/mol. The number of hydrogen-bond donors (Lipinski definition) is 4. The molecule has 2 heterocycles. The monoisotopic (exact) mass is 390 g/mol. The van der Waals surface area contributed by atoms with Crippen LogP contribution in [0.25, 0.3) is 0 Å². The molecule has 150 valence electrons. The van der Waals surface area contributed by atoms with Gasteiger partial charge in [0.25, 0.3) is 0 Å². The van der Waals surface area contributed by atoms with Crippen molar-refractivity contribution < 1.29 is 34.3 Å². The number of aliphatic hydroxyl groups excluding tert-OH is 4. The Balaban J connectivity index is 1.73. The van der Waals surface area contributed by atoms with Crippen molar-refractivity contribution >= 4 is 0 Å². The minimum absolute atomic E-state index is 0.0188. The van der Waals surface area contributed by atoms with Crippen molar-refractivity contribution in [3.8, 4) is 0 Å². The van der Waals surface area contributed by atoms with Crippen molar-refractivity contribution in [3.63, 3.8) is 0 Å². The Hall–Kier alpha value is -1.87. The maximum atomic E-state index is 14.7. The third-order valence-corrected chi connectivity index (χ3v) is 5.56. The molecule has 7 heteroatoms. The maximum Gasteiger partial charge on any atom is 0.225 e. The highest BCUT2D eigenvalue weighted by atomic mass is 19.1. The molecule has 1 spiro atoms. The molecule has 0 aliphatic carbocycles. The summed E-state index contributed by atoms with van der Waals surface area (Å²) in [5.74, 6) is -2.17. The molecule has 2 aromatic carbocycles. The third kappa shape index (κ3) is 3.04. The number of benzene rings is 2. The number of aliphatic hydroxyl groups is 4. The van der Waals surface area contributed by atoms with Crippen molar-refractivity contribution in [1.29, 1.82) is 0 Å². The van der Waals surface area contributed by atoms with Crippen LogP contribution < -0.4 is 0 Å². The molecule has 1 saturated heterocycles. The minimum atomic E-state index is -1.77. The first kappa shape index (κ1) is 19.4. The van der Waals surface area contributed by atoms with E-state index in [1.807, 2.05) is 31.2 Å². The SMILES string of the molecule is Cc1ccc(Cc2cc3c(cc2F)COC32O[C@H](CO)[C@@H](O)[C@H](O)[C@H]2O)cc1. The second-order valence-electron chi connectivity index (χ2n) is 7.48. The van der Waals surface area contributed by atoms with Gasteiger partial charge in [0.2, 0.25) is 5.79 Å². The molecule has 6 nitrogen and oxygen atoms in total. The first-order chi connectivity index (χ1) is 13.4. The molecule has 5 atom stereocenters. The van der Waals surface area contributed by atoms with Gasteiger partial charge in [-0.25, -0.2) is 4.39 Å². The van der Waals surface area contributed by atoms with Crippen LogP contribution in [0.4, 0.5) is 4.39 Å². The summed E-state index contributed by atoms with van der Waals surface area (Å²) in [4.78, 5) is 0. The number of fused-ring (bicyclic) bond motifs is 2. The fraction of sp³-hybridized carbons (Fsp3) is 0.429. The van der Waals surface area contributed by atoms with Gasteiger partial charge in [0.05, 0.1) is 13.2 Å². The average molecular weight is 390 g/mol. The van der Waals surface area contributed by atoms with Gasteiger partial charge in [-0.2, -0.15) is 0 Å². The molecule has 2 aliphatic rings. The fourth-order valence-corrected chi connectivity index (χ4v) is 3.91. The third-order valence-electron chi connectivity index (χ3n) is 5.56. The second-order valence-corrected chi connectivity index (χ2v) is 7.48. The maximum absolute atomic E-state index is 14.7. The minimum Gasteiger partial charge on any atom is -0.394 e. The van der Waals surface area contributed by atoms with E-state index in [9.17, 15) is 24.8 Å². The van der Waals surface area contributed by atoms with Gasteiger partial charge in [-0.15, -0.1) is 0 Å². The van der Waals surface area contributed by atoms with E-state index in [4.69, 9.17) is 9.47 Å². The summed E-state index contributed by atoms with van der Waals surface area (Å²) in [6.07, 6.45) is -5.45. The summed E-state index contributed by atoms with van der Waals surface area (Å²) in [6.45, 7) is 1.39. The van der Waals surface area contributed by atoms with E-state index in [1.54, 1.807) is 6.07 Å². The fourth-order valence-electron chi connectivity index (χ4n) is 3.91. The topological polar surface area (TPSA) is 99.4 Å². The van der Waals surface area contributed by atoms with Gasteiger partial charge >= 0.3 is 0 Å². The molecule has 1 unspecified atom stereocenters. The predicted octanol–water partition coefficient (Wildman–Crippen LogP) is 0.882. The zero-order chi connectivity index (χ0) is 20.1. The zero-order valence-electron chi connectivity index (χ0n) is 15.4. The van der Waals surface area contributed by atoms with Gasteiger partial charge < -0.3 is 29.9 Å². The first-order valence-electron chi connectivity index (χ1n) is 9.20. The first-order valence-corrected chi connectivity index (χ1v) is 9.20. The molecule has 0 radical (unpaired) electrons. The van der Waals surface area contributed by atoms with Crippen LogP contribution in [0.5, 0.6) is 0 Å². The van der Waals surface area contributed by atoms with Crippen LogP contribution in [0.1, 0.15) is 27.8 Å².